The van der Waals surface area contributed by atoms with Gasteiger partial charge in [0.25, 0.3) is 5.91 Å². The zero-order valence-corrected chi connectivity index (χ0v) is 11.4. The lowest BCUT2D eigenvalue weighted by Gasteiger charge is -2.37. The van der Waals surface area contributed by atoms with Gasteiger partial charge in [0, 0.05) is 37.8 Å². The Labute approximate surface area is 113 Å². The van der Waals surface area contributed by atoms with E-state index in [1.165, 1.54) is 12.1 Å². The van der Waals surface area contributed by atoms with Gasteiger partial charge in [-0.1, -0.05) is 0 Å². The third-order valence-electron chi connectivity index (χ3n) is 3.58. The Morgan fingerprint density at radius 2 is 1.89 bits per heavy atom. The average Bonchev–Trinajstić information content (AvgIpc) is 2.41. The molecule has 2 rings (SSSR count). The summed E-state index contributed by atoms with van der Waals surface area (Å²) in [6, 6.07) is 4.72. The predicted molar refractivity (Wildman–Crippen MR) is 73.4 cm³/mol. The molecule has 0 spiro atoms. The van der Waals surface area contributed by atoms with E-state index in [9.17, 15) is 9.18 Å². The normalized spacial score (nSPS) is 16.9. The van der Waals surface area contributed by atoms with Gasteiger partial charge in [0.1, 0.15) is 5.82 Å². The molecule has 5 heteroatoms. The molecule has 1 saturated heterocycles. The zero-order chi connectivity index (χ0) is 14.0. The van der Waals surface area contributed by atoms with E-state index in [1.54, 1.807) is 11.0 Å². The number of carbonyl (C=O) groups is 1. The predicted octanol–water partition coefficient (Wildman–Crippen LogP) is 1.57. The molecule has 1 heterocycles. The average molecular weight is 265 g/mol. The van der Waals surface area contributed by atoms with E-state index in [1.807, 2.05) is 0 Å². The Kier molecular flexibility index (Phi) is 4.04. The zero-order valence-electron chi connectivity index (χ0n) is 11.4. The number of nitrogen functional groups attached to an aromatic ring is 1. The number of carbonyl (C=O) groups excluding carboxylic acids is 1. The maximum atomic E-state index is 13.4. The molecule has 0 atom stereocenters. The van der Waals surface area contributed by atoms with Crippen molar-refractivity contribution in [3.63, 3.8) is 0 Å². The van der Waals surface area contributed by atoms with Crippen LogP contribution in [0, 0.1) is 5.82 Å². The van der Waals surface area contributed by atoms with E-state index >= 15 is 0 Å². The fraction of sp³-hybridized carbons (Fsp3) is 0.500. The van der Waals surface area contributed by atoms with Crippen LogP contribution in [0.4, 0.5) is 10.1 Å². The molecule has 0 unspecified atom stereocenters. The molecule has 1 aliphatic rings. The molecule has 1 amide bonds. The van der Waals surface area contributed by atoms with Gasteiger partial charge in [-0.15, -0.1) is 0 Å². The largest absolute Gasteiger partial charge is 0.396 e. The Morgan fingerprint density at radius 1 is 1.26 bits per heavy atom. The monoisotopic (exact) mass is 265 g/mol. The van der Waals surface area contributed by atoms with Crippen molar-refractivity contribution in [1.29, 1.82) is 0 Å². The molecule has 4 nitrogen and oxygen atoms in total. The van der Waals surface area contributed by atoms with Gasteiger partial charge in [0.15, 0.2) is 0 Å². The van der Waals surface area contributed by atoms with Crippen molar-refractivity contribution in [3.8, 4) is 0 Å². The van der Waals surface area contributed by atoms with E-state index in [4.69, 9.17) is 5.73 Å². The smallest absolute Gasteiger partial charge is 0.254 e. The van der Waals surface area contributed by atoms with Gasteiger partial charge in [-0.2, -0.15) is 0 Å². The highest BCUT2D eigenvalue weighted by molar-refractivity contribution is 5.94. The fourth-order valence-electron chi connectivity index (χ4n) is 2.28. The molecule has 0 aliphatic carbocycles. The minimum Gasteiger partial charge on any atom is -0.396 e. The summed E-state index contributed by atoms with van der Waals surface area (Å²) in [5, 5.41) is 0. The Morgan fingerprint density at radius 3 is 2.42 bits per heavy atom. The van der Waals surface area contributed by atoms with Gasteiger partial charge in [0.2, 0.25) is 0 Å². The van der Waals surface area contributed by atoms with Crippen LogP contribution in [0.1, 0.15) is 24.2 Å². The van der Waals surface area contributed by atoms with Crippen LogP contribution < -0.4 is 5.73 Å². The molecule has 0 aromatic heterocycles. The molecule has 0 bridgehead atoms. The van der Waals surface area contributed by atoms with E-state index in [0.29, 0.717) is 24.7 Å². The maximum Gasteiger partial charge on any atom is 0.254 e. The van der Waals surface area contributed by atoms with Crippen LogP contribution in [0.15, 0.2) is 18.2 Å². The standard InChI is InChI=1S/C14H20FN3O/c1-10(2)17-5-7-18(8-6-17)14(19)11-3-4-13(16)12(15)9-11/h3-4,9-10H,5-8,16H2,1-2H3. The SMILES string of the molecule is CC(C)N1CCN(C(=O)c2ccc(N)c(F)c2)CC1. The van der Waals surface area contributed by atoms with Crippen LogP contribution in [0.3, 0.4) is 0 Å². The summed E-state index contributed by atoms with van der Waals surface area (Å²) in [6.45, 7) is 7.38. The summed E-state index contributed by atoms with van der Waals surface area (Å²) in [7, 11) is 0. The van der Waals surface area contributed by atoms with E-state index < -0.39 is 5.82 Å². The molecule has 1 fully saturated rings. The fourth-order valence-corrected chi connectivity index (χ4v) is 2.28. The maximum absolute atomic E-state index is 13.4. The van der Waals surface area contributed by atoms with Crippen LogP contribution in [0.5, 0.6) is 0 Å². The number of amides is 1. The van der Waals surface area contributed by atoms with Crippen molar-refractivity contribution in [2.24, 2.45) is 0 Å². The first-order valence-corrected chi connectivity index (χ1v) is 6.57. The van der Waals surface area contributed by atoms with Crippen molar-refractivity contribution in [3.05, 3.63) is 29.6 Å². The number of rotatable bonds is 2. The quantitative estimate of drug-likeness (QED) is 0.826. The van der Waals surface area contributed by atoms with Gasteiger partial charge in [-0.25, -0.2) is 4.39 Å². The molecule has 0 saturated carbocycles. The molecule has 1 aliphatic heterocycles. The number of nitrogens with zero attached hydrogens (tertiary/aromatic N) is 2. The molecule has 0 radical (unpaired) electrons. The lowest BCUT2D eigenvalue weighted by atomic mass is 10.1. The minimum absolute atomic E-state index is 0.0705. The second kappa shape index (κ2) is 5.57. The van der Waals surface area contributed by atoms with Gasteiger partial charge in [-0.3, -0.25) is 9.69 Å². The van der Waals surface area contributed by atoms with Crippen molar-refractivity contribution >= 4 is 11.6 Å². The molecule has 19 heavy (non-hydrogen) atoms. The molecular formula is C14H20FN3O. The first kappa shape index (κ1) is 13.8. The van der Waals surface area contributed by atoms with E-state index in [2.05, 4.69) is 18.7 Å². The number of hydrogen-bond acceptors (Lipinski definition) is 3. The van der Waals surface area contributed by atoms with Crippen LogP contribution in [-0.4, -0.2) is 47.9 Å². The summed E-state index contributed by atoms with van der Waals surface area (Å²) < 4.78 is 13.4. The molecular weight excluding hydrogens is 245 g/mol. The minimum atomic E-state index is -0.535. The summed E-state index contributed by atoms with van der Waals surface area (Å²) in [6.07, 6.45) is 0. The number of nitrogens with two attached hydrogens (primary N) is 1. The Hall–Kier alpha value is -1.62. The van der Waals surface area contributed by atoms with Crippen LogP contribution in [0.2, 0.25) is 0 Å². The lowest BCUT2D eigenvalue weighted by molar-refractivity contribution is 0.0595. The number of piperazine rings is 1. The third-order valence-corrected chi connectivity index (χ3v) is 3.58. The molecule has 104 valence electrons. The first-order chi connectivity index (χ1) is 8.99. The lowest BCUT2D eigenvalue weighted by Crippen LogP contribution is -2.50. The highest BCUT2D eigenvalue weighted by Gasteiger charge is 2.23. The summed E-state index contributed by atoms with van der Waals surface area (Å²) in [5.41, 5.74) is 5.85. The summed E-state index contributed by atoms with van der Waals surface area (Å²) in [5.74, 6) is -0.658. The van der Waals surface area contributed by atoms with Gasteiger partial charge in [0.05, 0.1) is 5.69 Å². The molecule has 2 N–H and O–H groups in total. The number of halogens is 1. The molecule has 1 aromatic rings. The van der Waals surface area contributed by atoms with Crippen molar-refractivity contribution in [1.82, 2.24) is 9.80 Å². The summed E-state index contributed by atoms with van der Waals surface area (Å²) in [4.78, 5) is 16.3. The number of anilines is 1. The van der Waals surface area contributed by atoms with Crippen LogP contribution in [0.25, 0.3) is 0 Å². The molecule has 1 aromatic carbocycles. The van der Waals surface area contributed by atoms with E-state index in [0.717, 1.165) is 13.1 Å². The van der Waals surface area contributed by atoms with Gasteiger partial charge in [-0.05, 0) is 32.0 Å². The van der Waals surface area contributed by atoms with Gasteiger partial charge < -0.3 is 10.6 Å². The number of benzene rings is 1. The Balaban J connectivity index is 2.03. The van der Waals surface area contributed by atoms with Gasteiger partial charge >= 0.3 is 0 Å². The highest BCUT2D eigenvalue weighted by Crippen LogP contribution is 2.15. The summed E-state index contributed by atoms with van der Waals surface area (Å²) >= 11 is 0. The first-order valence-electron chi connectivity index (χ1n) is 6.57. The second-order valence-corrected chi connectivity index (χ2v) is 5.16. The van der Waals surface area contributed by atoms with E-state index in [-0.39, 0.29) is 11.6 Å². The van der Waals surface area contributed by atoms with Crippen molar-refractivity contribution in [2.45, 2.75) is 19.9 Å². The van der Waals surface area contributed by atoms with Crippen LogP contribution >= 0.6 is 0 Å². The van der Waals surface area contributed by atoms with Crippen LogP contribution in [-0.2, 0) is 0 Å². The highest BCUT2D eigenvalue weighted by atomic mass is 19.1. The van der Waals surface area contributed by atoms with Crippen molar-refractivity contribution in [2.75, 3.05) is 31.9 Å². The van der Waals surface area contributed by atoms with Crippen molar-refractivity contribution < 1.29 is 9.18 Å². The third kappa shape index (κ3) is 3.04. The second-order valence-electron chi connectivity index (χ2n) is 5.16. The topological polar surface area (TPSA) is 49.6 Å². The number of hydrogen-bond donors (Lipinski definition) is 1. The Bertz CT molecular complexity index is 468.